The molecule has 5 heteroatoms. The first-order valence-electron chi connectivity index (χ1n) is 6.45. The molecule has 1 aromatic carbocycles. The predicted molar refractivity (Wildman–Crippen MR) is 82.7 cm³/mol. The quantitative estimate of drug-likeness (QED) is 0.749. The number of nitrogens with one attached hydrogen (secondary N) is 1. The van der Waals surface area contributed by atoms with Gasteiger partial charge in [-0.1, -0.05) is 0 Å². The molecule has 1 unspecified atom stereocenters. The van der Waals surface area contributed by atoms with Gasteiger partial charge >= 0.3 is 0 Å². The van der Waals surface area contributed by atoms with Crippen LogP contribution in [0.4, 0.5) is 15.8 Å². The molecule has 1 aromatic rings. The first-order valence-corrected chi connectivity index (χ1v) is 7.84. The molecule has 0 saturated carbocycles. The molecule has 0 saturated heterocycles. The van der Waals surface area contributed by atoms with Gasteiger partial charge in [0.1, 0.15) is 0 Å². The summed E-state index contributed by atoms with van der Waals surface area (Å²) in [7, 11) is 0. The van der Waals surface area contributed by atoms with E-state index in [-0.39, 0.29) is 17.9 Å². The number of ether oxygens (including phenoxy) is 1. The summed E-state index contributed by atoms with van der Waals surface area (Å²) in [5.41, 5.74) is 6.97. The minimum atomic E-state index is -0.423. The lowest BCUT2D eigenvalue weighted by Gasteiger charge is -2.18. The van der Waals surface area contributed by atoms with Crippen molar-refractivity contribution in [1.29, 1.82) is 0 Å². The third-order valence-electron chi connectivity index (χ3n) is 2.62. The second kappa shape index (κ2) is 7.48. The van der Waals surface area contributed by atoms with Gasteiger partial charge in [-0.3, -0.25) is 0 Å². The van der Waals surface area contributed by atoms with Crippen LogP contribution >= 0.6 is 11.8 Å². The van der Waals surface area contributed by atoms with Gasteiger partial charge in [-0.15, -0.1) is 0 Å². The number of hydrogen-bond donors (Lipinski definition) is 2. The number of nitrogens with two attached hydrogens (primary N) is 1. The highest BCUT2D eigenvalue weighted by atomic mass is 32.2. The molecule has 3 nitrogen and oxygen atoms in total. The summed E-state index contributed by atoms with van der Waals surface area (Å²) in [6, 6.07) is 3.23. The topological polar surface area (TPSA) is 47.3 Å². The average molecular weight is 286 g/mol. The molecule has 0 spiro atoms. The Kier molecular flexibility index (Phi) is 6.28. The van der Waals surface area contributed by atoms with E-state index in [2.05, 4.69) is 18.5 Å². The largest absolute Gasteiger partial charge is 0.488 e. The van der Waals surface area contributed by atoms with E-state index in [0.29, 0.717) is 5.69 Å². The van der Waals surface area contributed by atoms with Crippen molar-refractivity contribution in [3.05, 3.63) is 17.9 Å². The summed E-state index contributed by atoms with van der Waals surface area (Å²) in [6.45, 7) is 5.82. The molecular formula is C14H23FN2OS. The van der Waals surface area contributed by atoms with E-state index in [9.17, 15) is 4.39 Å². The van der Waals surface area contributed by atoms with Gasteiger partial charge in [0.25, 0.3) is 0 Å². The van der Waals surface area contributed by atoms with E-state index in [1.54, 1.807) is 17.8 Å². The molecule has 0 aliphatic carbocycles. The van der Waals surface area contributed by atoms with Gasteiger partial charge in [0.05, 0.1) is 17.5 Å². The van der Waals surface area contributed by atoms with Crippen molar-refractivity contribution in [2.45, 2.75) is 39.3 Å². The van der Waals surface area contributed by atoms with Crippen molar-refractivity contribution in [2.24, 2.45) is 0 Å². The zero-order valence-corrected chi connectivity index (χ0v) is 12.8. The second-order valence-electron chi connectivity index (χ2n) is 4.86. The molecule has 0 aliphatic heterocycles. The van der Waals surface area contributed by atoms with Gasteiger partial charge in [-0.25, -0.2) is 4.39 Å². The minimum Gasteiger partial charge on any atom is -0.488 e. The fourth-order valence-electron chi connectivity index (χ4n) is 1.67. The first kappa shape index (κ1) is 16.0. The van der Waals surface area contributed by atoms with E-state index in [1.807, 2.05) is 13.8 Å². The van der Waals surface area contributed by atoms with Crippen LogP contribution in [-0.2, 0) is 0 Å². The van der Waals surface area contributed by atoms with Crippen molar-refractivity contribution < 1.29 is 9.13 Å². The molecule has 1 atom stereocenters. The van der Waals surface area contributed by atoms with E-state index in [0.717, 1.165) is 17.9 Å². The van der Waals surface area contributed by atoms with Gasteiger partial charge in [0, 0.05) is 18.2 Å². The van der Waals surface area contributed by atoms with Gasteiger partial charge < -0.3 is 15.8 Å². The highest BCUT2D eigenvalue weighted by Gasteiger charge is 2.12. The van der Waals surface area contributed by atoms with Crippen molar-refractivity contribution in [3.63, 3.8) is 0 Å². The van der Waals surface area contributed by atoms with Crippen LogP contribution in [0.3, 0.4) is 0 Å². The summed E-state index contributed by atoms with van der Waals surface area (Å²) >= 11 is 1.80. The van der Waals surface area contributed by atoms with Crippen LogP contribution in [0, 0.1) is 5.82 Å². The van der Waals surface area contributed by atoms with Crippen molar-refractivity contribution in [3.8, 4) is 5.75 Å². The smallest absolute Gasteiger partial charge is 0.167 e. The Bertz CT molecular complexity index is 413. The van der Waals surface area contributed by atoms with Crippen LogP contribution in [0.25, 0.3) is 0 Å². The average Bonchev–Trinajstić information content (AvgIpc) is 2.32. The van der Waals surface area contributed by atoms with Crippen LogP contribution in [0.5, 0.6) is 5.75 Å². The Balaban J connectivity index is 2.82. The first-order chi connectivity index (χ1) is 8.93. The molecule has 108 valence electrons. The fraction of sp³-hybridized carbons (Fsp3) is 0.571. The fourth-order valence-corrected chi connectivity index (χ4v) is 2.26. The Morgan fingerprint density at radius 3 is 2.63 bits per heavy atom. The predicted octanol–water partition coefficient (Wildman–Crippen LogP) is 3.75. The lowest BCUT2D eigenvalue weighted by molar-refractivity contribution is 0.231. The number of hydrogen-bond acceptors (Lipinski definition) is 4. The van der Waals surface area contributed by atoms with E-state index >= 15 is 0 Å². The Hall–Kier alpha value is -1.10. The molecule has 1 rings (SSSR count). The summed E-state index contributed by atoms with van der Waals surface area (Å²) in [5, 5.41) is 3.30. The number of nitrogen functional groups attached to an aromatic ring is 1. The molecule has 0 heterocycles. The molecular weight excluding hydrogens is 263 g/mol. The zero-order chi connectivity index (χ0) is 14.4. The third-order valence-corrected chi connectivity index (χ3v) is 3.27. The van der Waals surface area contributed by atoms with Crippen LogP contribution in [0.15, 0.2) is 12.1 Å². The highest BCUT2D eigenvalue weighted by molar-refractivity contribution is 7.98. The van der Waals surface area contributed by atoms with Crippen LogP contribution in [0.2, 0.25) is 0 Å². The summed E-state index contributed by atoms with van der Waals surface area (Å²) in [6.07, 6.45) is 3.03. The van der Waals surface area contributed by atoms with Crippen LogP contribution in [0.1, 0.15) is 27.2 Å². The third kappa shape index (κ3) is 5.19. The van der Waals surface area contributed by atoms with Gasteiger partial charge in [-0.05, 0) is 39.2 Å². The van der Waals surface area contributed by atoms with E-state index < -0.39 is 5.82 Å². The molecule has 3 N–H and O–H groups in total. The Morgan fingerprint density at radius 2 is 2.05 bits per heavy atom. The van der Waals surface area contributed by atoms with Gasteiger partial charge in [0.2, 0.25) is 0 Å². The molecule has 0 bridgehead atoms. The molecule has 19 heavy (non-hydrogen) atoms. The Labute approximate surface area is 119 Å². The minimum absolute atomic E-state index is 0.0695. The molecule has 0 radical (unpaired) electrons. The number of benzene rings is 1. The highest BCUT2D eigenvalue weighted by Crippen LogP contribution is 2.29. The monoisotopic (exact) mass is 286 g/mol. The maximum Gasteiger partial charge on any atom is 0.167 e. The van der Waals surface area contributed by atoms with Crippen LogP contribution < -0.4 is 15.8 Å². The number of anilines is 2. The zero-order valence-electron chi connectivity index (χ0n) is 12.0. The summed E-state index contributed by atoms with van der Waals surface area (Å²) < 4.78 is 19.1. The van der Waals surface area contributed by atoms with Crippen molar-refractivity contribution >= 4 is 23.1 Å². The number of rotatable bonds is 7. The van der Waals surface area contributed by atoms with Crippen LogP contribution in [-0.4, -0.2) is 24.2 Å². The van der Waals surface area contributed by atoms with Crippen molar-refractivity contribution in [1.82, 2.24) is 0 Å². The molecule has 0 amide bonds. The lowest BCUT2D eigenvalue weighted by atomic mass is 10.2. The maximum atomic E-state index is 13.7. The maximum absolute atomic E-state index is 13.7. The van der Waals surface area contributed by atoms with E-state index in [4.69, 9.17) is 10.5 Å². The molecule has 0 fully saturated rings. The summed E-state index contributed by atoms with van der Waals surface area (Å²) in [5.74, 6) is 0.891. The number of halogens is 1. The van der Waals surface area contributed by atoms with E-state index in [1.165, 1.54) is 6.07 Å². The Morgan fingerprint density at radius 1 is 1.37 bits per heavy atom. The van der Waals surface area contributed by atoms with Gasteiger partial charge in [0.15, 0.2) is 11.6 Å². The van der Waals surface area contributed by atoms with Crippen molar-refractivity contribution in [2.75, 3.05) is 23.1 Å². The number of thioether (sulfide) groups is 1. The molecule has 0 aliphatic rings. The summed E-state index contributed by atoms with van der Waals surface area (Å²) in [4.78, 5) is 0. The normalized spacial score (nSPS) is 12.5. The van der Waals surface area contributed by atoms with Gasteiger partial charge in [-0.2, -0.15) is 11.8 Å². The second-order valence-corrected chi connectivity index (χ2v) is 5.85. The standard InChI is InChI=1S/C14H23FN2OS/c1-9(2)18-14-8-13(12(16)7-11(14)15)17-10(3)5-6-19-4/h7-10,17H,5-6,16H2,1-4H3. The lowest BCUT2D eigenvalue weighted by Crippen LogP contribution is -2.17. The SMILES string of the molecule is CSCCC(C)Nc1cc(OC(C)C)c(F)cc1N. The molecule has 0 aromatic heterocycles.